The number of aryl methyl sites for hydroxylation is 1. The highest BCUT2D eigenvalue weighted by molar-refractivity contribution is 5.79. The Labute approximate surface area is 167 Å². The smallest absolute Gasteiger partial charge is 0.191 e. The summed E-state index contributed by atoms with van der Waals surface area (Å²) in [6, 6.07) is 6.26. The van der Waals surface area contributed by atoms with E-state index in [9.17, 15) is 0 Å². The molecule has 28 heavy (non-hydrogen) atoms. The van der Waals surface area contributed by atoms with Crippen LogP contribution in [0, 0.1) is 6.92 Å². The van der Waals surface area contributed by atoms with Gasteiger partial charge in [-0.25, -0.2) is 0 Å². The van der Waals surface area contributed by atoms with E-state index in [1.807, 2.05) is 19.3 Å². The summed E-state index contributed by atoms with van der Waals surface area (Å²) in [7, 11) is 1.78. The molecule has 1 aliphatic rings. The van der Waals surface area contributed by atoms with Crippen LogP contribution in [0.1, 0.15) is 36.1 Å². The molecule has 2 aromatic rings. The molecule has 0 saturated heterocycles. The van der Waals surface area contributed by atoms with Gasteiger partial charge in [0.15, 0.2) is 5.96 Å². The van der Waals surface area contributed by atoms with Crippen molar-refractivity contribution in [2.75, 3.05) is 20.2 Å². The van der Waals surface area contributed by atoms with Crippen LogP contribution in [0.25, 0.3) is 0 Å². The van der Waals surface area contributed by atoms with E-state index < -0.39 is 0 Å². The van der Waals surface area contributed by atoms with Gasteiger partial charge in [-0.2, -0.15) is 0 Å². The Hall–Kier alpha value is -2.76. The predicted molar refractivity (Wildman–Crippen MR) is 112 cm³/mol. The molecular weight excluding hydrogens is 352 g/mol. The first-order valence-corrected chi connectivity index (χ1v) is 9.90. The number of benzene rings is 1. The summed E-state index contributed by atoms with van der Waals surface area (Å²) < 4.78 is 11.8. The molecule has 0 spiro atoms. The van der Waals surface area contributed by atoms with Crippen molar-refractivity contribution < 1.29 is 9.47 Å². The summed E-state index contributed by atoms with van der Waals surface area (Å²) in [5, 5.41) is 6.75. The number of rotatable bonds is 7. The van der Waals surface area contributed by atoms with Crippen LogP contribution in [-0.4, -0.2) is 37.2 Å². The van der Waals surface area contributed by atoms with E-state index in [1.165, 1.54) is 16.7 Å². The molecule has 150 valence electrons. The molecule has 0 fully saturated rings. The summed E-state index contributed by atoms with van der Waals surface area (Å²) in [4.78, 5) is 8.47. The minimum atomic E-state index is 0.221. The van der Waals surface area contributed by atoms with E-state index in [1.54, 1.807) is 7.05 Å². The van der Waals surface area contributed by atoms with Gasteiger partial charge in [0.05, 0.1) is 6.61 Å². The molecule has 3 rings (SSSR count). The lowest BCUT2D eigenvalue weighted by Gasteiger charge is -2.16. The molecule has 0 radical (unpaired) electrons. The normalized spacial score (nSPS) is 15.7. The zero-order valence-corrected chi connectivity index (χ0v) is 17.2. The van der Waals surface area contributed by atoms with Crippen LogP contribution in [-0.2, 0) is 19.4 Å². The molecule has 2 N–H and O–H groups in total. The molecule has 6 heteroatoms. The van der Waals surface area contributed by atoms with Crippen LogP contribution in [0.2, 0.25) is 0 Å². The monoisotopic (exact) mass is 382 g/mol. The topological polar surface area (TPSA) is 67.8 Å². The lowest BCUT2D eigenvalue weighted by Crippen LogP contribution is -2.38. The third-order valence-corrected chi connectivity index (χ3v) is 4.87. The Balaban J connectivity index is 1.59. The van der Waals surface area contributed by atoms with Crippen molar-refractivity contribution in [2.24, 2.45) is 4.99 Å². The first-order valence-electron chi connectivity index (χ1n) is 9.90. The van der Waals surface area contributed by atoms with Gasteiger partial charge in [0.1, 0.15) is 17.6 Å². The average molecular weight is 383 g/mol. The summed E-state index contributed by atoms with van der Waals surface area (Å²) >= 11 is 0. The molecule has 1 aromatic heterocycles. The maximum absolute atomic E-state index is 5.90. The molecule has 1 unspecified atom stereocenters. The van der Waals surface area contributed by atoms with Crippen molar-refractivity contribution in [3.63, 3.8) is 0 Å². The summed E-state index contributed by atoms with van der Waals surface area (Å²) in [6.07, 6.45) is 5.80. The number of pyridine rings is 1. The van der Waals surface area contributed by atoms with Crippen LogP contribution >= 0.6 is 0 Å². The predicted octanol–water partition coefficient (Wildman–Crippen LogP) is 3.02. The second kappa shape index (κ2) is 9.44. The van der Waals surface area contributed by atoms with E-state index >= 15 is 0 Å². The number of aromatic nitrogens is 1. The van der Waals surface area contributed by atoms with Gasteiger partial charge in [0, 0.05) is 50.1 Å². The summed E-state index contributed by atoms with van der Waals surface area (Å²) in [5.41, 5.74) is 4.79. The number of ether oxygens (including phenoxy) is 2. The van der Waals surface area contributed by atoms with Gasteiger partial charge in [-0.1, -0.05) is 0 Å². The van der Waals surface area contributed by atoms with Gasteiger partial charge >= 0.3 is 0 Å². The minimum absolute atomic E-state index is 0.221. The molecule has 0 amide bonds. The minimum Gasteiger partial charge on any atom is -0.494 e. The van der Waals surface area contributed by atoms with E-state index in [0.717, 1.165) is 42.4 Å². The Morgan fingerprint density at radius 3 is 2.93 bits per heavy atom. The highest BCUT2D eigenvalue weighted by atomic mass is 16.5. The quantitative estimate of drug-likeness (QED) is 0.569. The van der Waals surface area contributed by atoms with Crippen molar-refractivity contribution in [1.82, 2.24) is 15.6 Å². The van der Waals surface area contributed by atoms with Crippen LogP contribution < -0.4 is 20.1 Å². The maximum atomic E-state index is 5.90. The molecule has 1 aliphatic heterocycles. The van der Waals surface area contributed by atoms with E-state index in [0.29, 0.717) is 13.2 Å². The highest BCUT2D eigenvalue weighted by Gasteiger charge is 2.21. The molecule has 6 nitrogen and oxygen atoms in total. The molecular formula is C22H30N4O2. The number of fused-ring (bicyclic) bond motifs is 1. The molecule has 0 bridgehead atoms. The SMILES string of the molecule is CCOc1cc2c(cc1CNC(=NC)NCCc1ccncc1C)OC(C)C2. The number of hydrogen-bond donors (Lipinski definition) is 2. The summed E-state index contributed by atoms with van der Waals surface area (Å²) in [5.74, 6) is 2.64. The third kappa shape index (κ3) is 4.94. The first kappa shape index (κ1) is 20.0. The highest BCUT2D eigenvalue weighted by Crippen LogP contribution is 2.35. The fourth-order valence-corrected chi connectivity index (χ4v) is 3.41. The van der Waals surface area contributed by atoms with Crippen LogP contribution in [0.15, 0.2) is 35.6 Å². The lowest BCUT2D eigenvalue weighted by atomic mass is 10.1. The van der Waals surface area contributed by atoms with Gasteiger partial charge in [-0.05, 0) is 56.5 Å². The lowest BCUT2D eigenvalue weighted by molar-refractivity contribution is 0.254. The maximum Gasteiger partial charge on any atom is 0.191 e. The van der Waals surface area contributed by atoms with Gasteiger partial charge in [-0.3, -0.25) is 9.98 Å². The Kier molecular flexibility index (Phi) is 6.74. The molecule has 1 atom stereocenters. The van der Waals surface area contributed by atoms with Crippen molar-refractivity contribution in [3.8, 4) is 11.5 Å². The fraction of sp³-hybridized carbons (Fsp3) is 0.455. The average Bonchev–Trinajstić information content (AvgIpc) is 3.05. The second-order valence-electron chi connectivity index (χ2n) is 7.04. The first-order chi connectivity index (χ1) is 13.6. The van der Waals surface area contributed by atoms with Crippen LogP contribution in [0.3, 0.4) is 0 Å². The van der Waals surface area contributed by atoms with Crippen molar-refractivity contribution in [2.45, 2.75) is 46.3 Å². The standard InChI is InChI=1S/C22H30N4O2/c1-5-27-20-11-18-10-16(3)28-21(18)12-19(20)14-26-22(23-4)25-9-7-17-6-8-24-13-15(17)2/h6,8,11-13,16H,5,7,9-10,14H2,1-4H3,(H2,23,25,26). The Morgan fingerprint density at radius 1 is 1.32 bits per heavy atom. The zero-order valence-electron chi connectivity index (χ0n) is 17.2. The fourth-order valence-electron chi connectivity index (χ4n) is 3.41. The Bertz CT molecular complexity index is 835. The van der Waals surface area contributed by atoms with Crippen molar-refractivity contribution in [3.05, 3.63) is 52.8 Å². The van der Waals surface area contributed by atoms with E-state index in [2.05, 4.69) is 52.7 Å². The van der Waals surface area contributed by atoms with E-state index in [-0.39, 0.29) is 6.10 Å². The molecule has 0 aliphatic carbocycles. The molecule has 0 saturated carbocycles. The zero-order chi connectivity index (χ0) is 19.9. The number of hydrogen-bond acceptors (Lipinski definition) is 4. The molecule has 1 aromatic carbocycles. The summed E-state index contributed by atoms with van der Waals surface area (Å²) in [6.45, 7) is 8.24. The van der Waals surface area contributed by atoms with Gasteiger partial charge in [0.2, 0.25) is 0 Å². The van der Waals surface area contributed by atoms with Gasteiger partial charge in [-0.15, -0.1) is 0 Å². The van der Waals surface area contributed by atoms with Gasteiger partial charge in [0.25, 0.3) is 0 Å². The van der Waals surface area contributed by atoms with Crippen LogP contribution in [0.5, 0.6) is 11.5 Å². The number of guanidine groups is 1. The number of nitrogens with zero attached hydrogens (tertiary/aromatic N) is 2. The second-order valence-corrected chi connectivity index (χ2v) is 7.04. The number of nitrogens with one attached hydrogen (secondary N) is 2. The van der Waals surface area contributed by atoms with Crippen molar-refractivity contribution >= 4 is 5.96 Å². The largest absolute Gasteiger partial charge is 0.494 e. The number of aliphatic imine (C=N–C) groups is 1. The van der Waals surface area contributed by atoms with E-state index in [4.69, 9.17) is 9.47 Å². The molecule has 2 heterocycles. The van der Waals surface area contributed by atoms with Crippen molar-refractivity contribution in [1.29, 1.82) is 0 Å². The van der Waals surface area contributed by atoms with Crippen LogP contribution in [0.4, 0.5) is 0 Å². The Morgan fingerprint density at radius 2 is 2.18 bits per heavy atom. The van der Waals surface area contributed by atoms with Gasteiger partial charge < -0.3 is 20.1 Å². The third-order valence-electron chi connectivity index (χ3n) is 4.87.